The lowest BCUT2D eigenvalue weighted by Crippen LogP contribution is -2.16. The minimum Gasteiger partial charge on any atom is -0.489 e. The molecule has 4 rings (SSSR count). The zero-order chi connectivity index (χ0) is 25.3. The van der Waals surface area contributed by atoms with Crippen molar-refractivity contribution in [3.8, 4) is 40.0 Å². The number of carbonyl (C=O) groups is 1. The standard InChI is InChI=1S/C25H23F2N5O3/c1-3-21(29)17-8-13(4-7-16(17)24(30)33)20-12-31-32(2)23(20)18-9-15(35-25(26)27)10-22(19(18)11-28)34-14-5-6-14/h4,7-10,12,14,25,29H,3,5-6H2,1-2H3,(H2,30,33). The fraction of sp³-hybridized carbons (Fsp3) is 0.280. The Morgan fingerprint density at radius 2 is 2.03 bits per heavy atom. The Hall–Kier alpha value is -4.26. The molecule has 0 atom stereocenters. The summed E-state index contributed by atoms with van der Waals surface area (Å²) in [5.74, 6) is -0.635. The second kappa shape index (κ2) is 9.54. The molecule has 1 aliphatic carbocycles. The van der Waals surface area contributed by atoms with Crippen LogP contribution in [0.15, 0.2) is 36.5 Å². The highest BCUT2D eigenvalue weighted by atomic mass is 19.3. The molecule has 10 heteroatoms. The molecule has 1 saturated carbocycles. The topological polar surface area (TPSA) is 127 Å². The summed E-state index contributed by atoms with van der Waals surface area (Å²) in [6.07, 6.45) is 3.51. The van der Waals surface area contributed by atoms with Crippen LogP contribution in [0.5, 0.6) is 11.5 Å². The molecule has 1 amide bonds. The van der Waals surface area contributed by atoms with Gasteiger partial charge in [-0.2, -0.15) is 19.1 Å². The Kier molecular flexibility index (Phi) is 6.51. The molecule has 1 aromatic heterocycles. The van der Waals surface area contributed by atoms with Crippen LogP contribution in [0.25, 0.3) is 22.4 Å². The summed E-state index contributed by atoms with van der Waals surface area (Å²) >= 11 is 0. The minimum atomic E-state index is -3.06. The van der Waals surface area contributed by atoms with Gasteiger partial charge in [0.2, 0.25) is 5.91 Å². The monoisotopic (exact) mass is 479 g/mol. The van der Waals surface area contributed by atoms with E-state index in [-0.39, 0.29) is 34.4 Å². The normalized spacial score (nSPS) is 12.9. The molecule has 1 fully saturated rings. The number of alkyl halides is 2. The van der Waals surface area contributed by atoms with Crippen molar-refractivity contribution in [2.75, 3.05) is 0 Å². The van der Waals surface area contributed by atoms with Crippen LogP contribution in [0.4, 0.5) is 8.78 Å². The number of aryl methyl sites for hydroxylation is 1. The summed E-state index contributed by atoms with van der Waals surface area (Å²) in [6, 6.07) is 9.66. The lowest BCUT2D eigenvalue weighted by atomic mass is 9.93. The second-order valence-corrected chi connectivity index (χ2v) is 8.14. The van der Waals surface area contributed by atoms with E-state index in [9.17, 15) is 18.8 Å². The van der Waals surface area contributed by atoms with Crippen LogP contribution in [0.3, 0.4) is 0 Å². The smallest absolute Gasteiger partial charge is 0.387 e. The summed E-state index contributed by atoms with van der Waals surface area (Å²) in [6.45, 7) is -1.26. The van der Waals surface area contributed by atoms with Crippen LogP contribution in [0.2, 0.25) is 0 Å². The molecule has 0 aliphatic heterocycles. The van der Waals surface area contributed by atoms with Gasteiger partial charge in [0.25, 0.3) is 0 Å². The maximum atomic E-state index is 13.1. The number of benzene rings is 2. The SMILES string of the molecule is CCC(=N)c1cc(-c2cnn(C)c2-c2cc(OC(F)F)cc(OC3CC3)c2C#N)ccc1C(N)=O. The van der Waals surface area contributed by atoms with Gasteiger partial charge in [0, 0.05) is 41.1 Å². The van der Waals surface area contributed by atoms with E-state index in [4.69, 9.17) is 15.9 Å². The molecule has 0 bridgehead atoms. The maximum absolute atomic E-state index is 13.1. The number of primary amides is 1. The summed E-state index contributed by atoms with van der Waals surface area (Å²) in [7, 11) is 1.66. The van der Waals surface area contributed by atoms with E-state index in [2.05, 4.69) is 15.9 Å². The van der Waals surface area contributed by atoms with Crippen LogP contribution < -0.4 is 15.2 Å². The van der Waals surface area contributed by atoms with Gasteiger partial charge in [0.05, 0.1) is 18.0 Å². The predicted octanol–water partition coefficient (Wildman–Crippen LogP) is 4.65. The van der Waals surface area contributed by atoms with Crippen molar-refractivity contribution in [1.29, 1.82) is 10.7 Å². The molecular weight excluding hydrogens is 456 g/mol. The van der Waals surface area contributed by atoms with Gasteiger partial charge >= 0.3 is 6.61 Å². The molecule has 0 saturated heterocycles. The number of amides is 1. The Bertz CT molecular complexity index is 1360. The Balaban J connectivity index is 1.93. The molecule has 3 aromatic rings. The number of hydrogen-bond acceptors (Lipinski definition) is 6. The molecule has 1 aliphatic rings. The molecule has 0 spiro atoms. The first-order chi connectivity index (χ1) is 16.7. The Morgan fingerprint density at radius 3 is 2.63 bits per heavy atom. The third-order valence-electron chi connectivity index (χ3n) is 5.70. The van der Waals surface area contributed by atoms with Crippen LogP contribution >= 0.6 is 0 Å². The van der Waals surface area contributed by atoms with E-state index in [0.717, 1.165) is 12.8 Å². The van der Waals surface area contributed by atoms with Gasteiger partial charge in [0.1, 0.15) is 23.1 Å². The zero-order valence-corrected chi connectivity index (χ0v) is 19.1. The highest BCUT2D eigenvalue weighted by Crippen LogP contribution is 2.41. The highest BCUT2D eigenvalue weighted by molar-refractivity contribution is 6.09. The number of nitrogens with zero attached hydrogens (tertiary/aromatic N) is 3. The number of rotatable bonds is 9. The Morgan fingerprint density at radius 1 is 1.29 bits per heavy atom. The first-order valence-electron chi connectivity index (χ1n) is 11.0. The van der Waals surface area contributed by atoms with E-state index in [1.807, 2.05) is 0 Å². The minimum absolute atomic E-state index is 0.0771. The van der Waals surface area contributed by atoms with Crippen LogP contribution in [0.1, 0.15) is 47.7 Å². The number of nitrogens with one attached hydrogen (secondary N) is 1. The summed E-state index contributed by atoms with van der Waals surface area (Å²) in [5.41, 5.74) is 8.45. The molecule has 8 nitrogen and oxygen atoms in total. The first kappa shape index (κ1) is 23.9. The summed E-state index contributed by atoms with van der Waals surface area (Å²) in [5, 5.41) is 22.6. The fourth-order valence-electron chi connectivity index (χ4n) is 3.86. The lowest BCUT2D eigenvalue weighted by molar-refractivity contribution is -0.0499. The molecule has 35 heavy (non-hydrogen) atoms. The third-order valence-corrected chi connectivity index (χ3v) is 5.70. The van der Waals surface area contributed by atoms with Crippen LogP contribution in [0, 0.1) is 16.7 Å². The molecule has 0 unspecified atom stereocenters. The van der Waals surface area contributed by atoms with Crippen molar-refractivity contribution in [2.45, 2.75) is 38.9 Å². The highest BCUT2D eigenvalue weighted by Gasteiger charge is 2.28. The van der Waals surface area contributed by atoms with E-state index in [1.54, 1.807) is 32.3 Å². The molecule has 0 radical (unpaired) electrons. The average molecular weight is 479 g/mol. The van der Waals surface area contributed by atoms with Crippen LogP contribution in [-0.4, -0.2) is 34.1 Å². The van der Waals surface area contributed by atoms with Gasteiger partial charge in [0.15, 0.2) is 0 Å². The number of nitriles is 1. The van der Waals surface area contributed by atoms with Gasteiger partial charge in [-0.25, -0.2) is 0 Å². The number of carbonyl (C=O) groups excluding carboxylic acids is 1. The van der Waals surface area contributed by atoms with Crippen molar-refractivity contribution in [3.05, 3.63) is 53.2 Å². The largest absolute Gasteiger partial charge is 0.489 e. The van der Waals surface area contributed by atoms with Gasteiger partial charge < -0.3 is 20.6 Å². The van der Waals surface area contributed by atoms with E-state index >= 15 is 0 Å². The summed E-state index contributed by atoms with van der Waals surface area (Å²) < 4.78 is 38.1. The van der Waals surface area contributed by atoms with Gasteiger partial charge in [-0.3, -0.25) is 9.48 Å². The summed E-state index contributed by atoms with van der Waals surface area (Å²) in [4.78, 5) is 11.9. The molecular formula is C25H23F2N5O3. The molecule has 1 heterocycles. The second-order valence-electron chi connectivity index (χ2n) is 8.14. The van der Waals surface area contributed by atoms with E-state index in [1.165, 1.54) is 22.9 Å². The van der Waals surface area contributed by atoms with Gasteiger partial charge in [-0.1, -0.05) is 13.0 Å². The lowest BCUT2D eigenvalue weighted by Gasteiger charge is -2.16. The van der Waals surface area contributed by atoms with Gasteiger partial charge in [-0.05, 0) is 43.0 Å². The van der Waals surface area contributed by atoms with Crippen LogP contribution in [-0.2, 0) is 7.05 Å². The maximum Gasteiger partial charge on any atom is 0.387 e. The van der Waals surface area contributed by atoms with Crippen molar-refractivity contribution in [3.63, 3.8) is 0 Å². The number of aromatic nitrogens is 2. The number of hydrogen-bond donors (Lipinski definition) is 2. The van der Waals surface area contributed by atoms with Crippen molar-refractivity contribution >= 4 is 11.6 Å². The number of nitrogens with two attached hydrogens (primary N) is 1. The number of halogens is 2. The predicted molar refractivity (Wildman–Crippen MR) is 125 cm³/mol. The van der Waals surface area contributed by atoms with Crippen molar-refractivity contribution < 1.29 is 23.0 Å². The fourth-order valence-corrected chi connectivity index (χ4v) is 3.86. The molecule has 180 valence electrons. The zero-order valence-electron chi connectivity index (χ0n) is 19.1. The number of ether oxygens (including phenoxy) is 2. The Labute approximate surface area is 200 Å². The quantitative estimate of drug-likeness (QED) is 0.432. The van der Waals surface area contributed by atoms with Gasteiger partial charge in [-0.15, -0.1) is 0 Å². The van der Waals surface area contributed by atoms with Crippen molar-refractivity contribution in [2.24, 2.45) is 12.8 Å². The van der Waals surface area contributed by atoms with E-state index < -0.39 is 12.5 Å². The third kappa shape index (κ3) is 4.84. The van der Waals surface area contributed by atoms with E-state index in [0.29, 0.717) is 34.4 Å². The molecule has 2 aromatic carbocycles. The molecule has 3 N–H and O–H groups in total. The average Bonchev–Trinajstić information content (AvgIpc) is 3.55. The van der Waals surface area contributed by atoms with Crippen molar-refractivity contribution in [1.82, 2.24) is 9.78 Å². The first-order valence-corrected chi connectivity index (χ1v) is 11.0.